The van der Waals surface area contributed by atoms with Crippen molar-refractivity contribution in [1.82, 2.24) is 0 Å². The molecule has 0 saturated heterocycles. The van der Waals surface area contributed by atoms with Gasteiger partial charge in [0.05, 0.1) is 11.8 Å². The van der Waals surface area contributed by atoms with Crippen molar-refractivity contribution >= 4 is 39.1 Å². The zero-order valence-electron chi connectivity index (χ0n) is 15.6. The number of ether oxygens (including phenoxy) is 1. The molecule has 0 bridgehead atoms. The van der Waals surface area contributed by atoms with Crippen molar-refractivity contribution in [3.8, 4) is 0 Å². The zero-order valence-corrected chi connectivity index (χ0v) is 16.4. The first-order chi connectivity index (χ1) is 13.0. The first kappa shape index (κ1) is 21.1. The van der Waals surface area contributed by atoms with Crippen molar-refractivity contribution < 1.29 is 27.5 Å². The number of esters is 1. The molecule has 148 valence electrons. The summed E-state index contributed by atoms with van der Waals surface area (Å²) in [5.41, 5.74) is 1.38. The second kappa shape index (κ2) is 8.66. The Labute approximate surface area is 163 Å². The summed E-state index contributed by atoms with van der Waals surface area (Å²) in [7, 11) is -3.41. The molecule has 2 aromatic rings. The minimum absolute atomic E-state index is 0.229. The number of hydrogen-bond acceptors (Lipinski definition) is 6. The van der Waals surface area contributed by atoms with Crippen molar-refractivity contribution in [3.05, 3.63) is 59.7 Å². The molecular weight excluding hydrogens is 384 g/mol. The maximum absolute atomic E-state index is 12.4. The lowest BCUT2D eigenvalue weighted by atomic mass is 10.1. The maximum Gasteiger partial charge on any atom is 0.338 e. The molecule has 0 unspecified atom stereocenters. The van der Waals surface area contributed by atoms with E-state index >= 15 is 0 Å². The molecule has 0 aliphatic heterocycles. The molecule has 0 fully saturated rings. The third-order valence-corrected chi connectivity index (χ3v) is 4.17. The standard InChI is InChI=1S/C19H20N2O6S/c1-12(18(23)14-4-10-17(11-5-14)21-28(3,25)26)27-19(24)15-6-8-16(9-7-15)20-13(2)22/h4-12,21H,1-3H3,(H,20,22)/t12-/m1/s1. The smallest absolute Gasteiger partial charge is 0.338 e. The van der Waals surface area contributed by atoms with Crippen LogP contribution in [-0.2, 0) is 19.6 Å². The van der Waals surface area contributed by atoms with Gasteiger partial charge in [-0.25, -0.2) is 13.2 Å². The Hall–Kier alpha value is -3.20. The average molecular weight is 404 g/mol. The number of anilines is 2. The lowest BCUT2D eigenvalue weighted by molar-refractivity contribution is -0.114. The highest BCUT2D eigenvalue weighted by Crippen LogP contribution is 2.15. The molecule has 1 amide bonds. The molecule has 0 aliphatic rings. The number of Topliss-reactive ketones (excluding diaryl/α,β-unsaturated/α-hetero) is 1. The first-order valence-electron chi connectivity index (χ1n) is 8.26. The van der Waals surface area contributed by atoms with E-state index in [1.54, 1.807) is 12.1 Å². The van der Waals surface area contributed by atoms with E-state index in [1.165, 1.54) is 50.2 Å². The molecular formula is C19H20N2O6S. The Bertz CT molecular complexity index is 982. The molecule has 0 aliphatic carbocycles. The summed E-state index contributed by atoms with van der Waals surface area (Å²) in [6.07, 6.45) is -0.00715. The number of carbonyl (C=O) groups excluding carboxylic acids is 3. The SMILES string of the molecule is CC(=O)Nc1ccc(C(=O)O[C@H](C)C(=O)c2ccc(NS(C)(=O)=O)cc2)cc1. The molecule has 8 nitrogen and oxygen atoms in total. The molecule has 1 atom stereocenters. The largest absolute Gasteiger partial charge is 0.451 e. The Kier molecular flexibility index (Phi) is 6.53. The fourth-order valence-corrected chi connectivity index (χ4v) is 2.89. The normalized spacial score (nSPS) is 12.0. The van der Waals surface area contributed by atoms with Gasteiger partial charge < -0.3 is 10.1 Å². The minimum Gasteiger partial charge on any atom is -0.451 e. The molecule has 0 aromatic heterocycles. The molecule has 9 heteroatoms. The van der Waals surface area contributed by atoms with Crippen LogP contribution in [0.2, 0.25) is 0 Å². The van der Waals surface area contributed by atoms with E-state index in [0.29, 0.717) is 11.4 Å². The number of hydrogen-bond donors (Lipinski definition) is 2. The lowest BCUT2D eigenvalue weighted by Gasteiger charge is -2.13. The van der Waals surface area contributed by atoms with Gasteiger partial charge in [-0.15, -0.1) is 0 Å². The van der Waals surface area contributed by atoms with Crippen molar-refractivity contribution in [1.29, 1.82) is 0 Å². The van der Waals surface area contributed by atoms with E-state index < -0.39 is 27.9 Å². The van der Waals surface area contributed by atoms with E-state index in [0.717, 1.165) is 6.26 Å². The van der Waals surface area contributed by atoms with Crippen LogP contribution in [-0.4, -0.2) is 38.4 Å². The molecule has 2 aromatic carbocycles. The van der Waals surface area contributed by atoms with Crippen LogP contribution in [0.1, 0.15) is 34.6 Å². The fraction of sp³-hybridized carbons (Fsp3) is 0.211. The maximum atomic E-state index is 12.4. The highest BCUT2D eigenvalue weighted by atomic mass is 32.2. The highest BCUT2D eigenvalue weighted by molar-refractivity contribution is 7.92. The van der Waals surface area contributed by atoms with Gasteiger partial charge in [0.1, 0.15) is 0 Å². The highest BCUT2D eigenvalue weighted by Gasteiger charge is 2.20. The summed E-state index contributed by atoms with van der Waals surface area (Å²) in [5, 5.41) is 2.58. The number of ketones is 1. The Morgan fingerprint density at radius 2 is 1.39 bits per heavy atom. The van der Waals surface area contributed by atoms with E-state index in [-0.39, 0.29) is 17.0 Å². The predicted octanol–water partition coefficient (Wildman–Crippen LogP) is 2.44. The van der Waals surface area contributed by atoms with Gasteiger partial charge in [0, 0.05) is 23.9 Å². The van der Waals surface area contributed by atoms with Crippen molar-refractivity contribution in [2.24, 2.45) is 0 Å². The molecule has 0 heterocycles. The van der Waals surface area contributed by atoms with Crippen LogP contribution in [0.4, 0.5) is 11.4 Å². The van der Waals surface area contributed by atoms with Crippen LogP contribution < -0.4 is 10.0 Å². The van der Waals surface area contributed by atoms with E-state index in [9.17, 15) is 22.8 Å². The Balaban J connectivity index is 2.01. The number of rotatable bonds is 7. The first-order valence-corrected chi connectivity index (χ1v) is 10.1. The van der Waals surface area contributed by atoms with Gasteiger partial charge >= 0.3 is 5.97 Å². The zero-order chi connectivity index (χ0) is 20.9. The summed E-state index contributed by atoms with van der Waals surface area (Å²) in [4.78, 5) is 35.6. The summed E-state index contributed by atoms with van der Waals surface area (Å²) in [5.74, 6) is -1.33. The second-order valence-electron chi connectivity index (χ2n) is 6.12. The number of nitrogens with one attached hydrogen (secondary N) is 2. The quantitative estimate of drug-likeness (QED) is 0.540. The third kappa shape index (κ3) is 6.20. The number of sulfonamides is 1. The number of benzene rings is 2. The van der Waals surface area contributed by atoms with Crippen LogP contribution in [0, 0.1) is 0 Å². The van der Waals surface area contributed by atoms with Crippen LogP contribution in [0.3, 0.4) is 0 Å². The summed E-state index contributed by atoms with van der Waals surface area (Å²) >= 11 is 0. The summed E-state index contributed by atoms with van der Waals surface area (Å²) in [6.45, 7) is 2.83. The second-order valence-corrected chi connectivity index (χ2v) is 7.87. The van der Waals surface area contributed by atoms with Gasteiger partial charge in [-0.2, -0.15) is 0 Å². The van der Waals surface area contributed by atoms with Crippen LogP contribution in [0.15, 0.2) is 48.5 Å². The Morgan fingerprint density at radius 3 is 1.89 bits per heavy atom. The van der Waals surface area contributed by atoms with Gasteiger partial charge in [0.2, 0.25) is 21.7 Å². The van der Waals surface area contributed by atoms with Crippen LogP contribution >= 0.6 is 0 Å². The topological polar surface area (TPSA) is 119 Å². The van der Waals surface area contributed by atoms with Crippen molar-refractivity contribution in [2.45, 2.75) is 20.0 Å². The van der Waals surface area contributed by atoms with E-state index in [1.807, 2.05) is 0 Å². The van der Waals surface area contributed by atoms with Gasteiger partial charge in [-0.1, -0.05) is 0 Å². The minimum atomic E-state index is -3.41. The molecule has 28 heavy (non-hydrogen) atoms. The number of amides is 1. The molecule has 0 spiro atoms. The van der Waals surface area contributed by atoms with Crippen LogP contribution in [0.25, 0.3) is 0 Å². The molecule has 2 rings (SSSR count). The molecule has 2 N–H and O–H groups in total. The van der Waals surface area contributed by atoms with Gasteiger partial charge in [0.15, 0.2) is 6.10 Å². The van der Waals surface area contributed by atoms with Crippen molar-refractivity contribution in [2.75, 3.05) is 16.3 Å². The fourth-order valence-electron chi connectivity index (χ4n) is 2.33. The third-order valence-electron chi connectivity index (χ3n) is 3.57. The molecule has 0 saturated carbocycles. The van der Waals surface area contributed by atoms with E-state index in [4.69, 9.17) is 4.74 Å². The average Bonchev–Trinajstić information content (AvgIpc) is 2.60. The van der Waals surface area contributed by atoms with Crippen molar-refractivity contribution in [3.63, 3.8) is 0 Å². The number of carbonyl (C=O) groups is 3. The van der Waals surface area contributed by atoms with Gasteiger partial charge in [0.25, 0.3) is 0 Å². The lowest BCUT2D eigenvalue weighted by Crippen LogP contribution is -2.24. The predicted molar refractivity (Wildman–Crippen MR) is 105 cm³/mol. The Morgan fingerprint density at radius 1 is 0.893 bits per heavy atom. The van der Waals surface area contributed by atoms with Crippen LogP contribution in [0.5, 0.6) is 0 Å². The summed E-state index contributed by atoms with van der Waals surface area (Å²) < 4.78 is 29.9. The summed E-state index contributed by atoms with van der Waals surface area (Å²) in [6, 6.07) is 11.9. The monoisotopic (exact) mass is 404 g/mol. The van der Waals surface area contributed by atoms with Gasteiger partial charge in [-0.05, 0) is 55.5 Å². The molecule has 0 radical (unpaired) electrons. The van der Waals surface area contributed by atoms with E-state index in [2.05, 4.69) is 10.0 Å². The van der Waals surface area contributed by atoms with Gasteiger partial charge in [-0.3, -0.25) is 14.3 Å².